The number of hydrogen-bond acceptors (Lipinski definition) is 1. The summed E-state index contributed by atoms with van der Waals surface area (Å²) >= 11 is 0. The molecule has 0 bridgehead atoms. The molecule has 10 aromatic rings. The van der Waals surface area contributed by atoms with E-state index >= 15 is 0 Å². The molecule has 258 valence electrons. The lowest BCUT2D eigenvalue weighted by atomic mass is 9.97. The van der Waals surface area contributed by atoms with Crippen molar-refractivity contribution in [2.75, 3.05) is 4.90 Å². The van der Waals surface area contributed by atoms with Crippen LogP contribution in [0.5, 0.6) is 0 Å². The molecule has 0 spiro atoms. The largest absolute Gasteiger partial charge is 0.310 e. The third kappa shape index (κ3) is 6.33. The first-order valence-corrected chi connectivity index (χ1v) is 18.6. The molecule has 10 rings (SSSR count). The number of benzene rings is 10. The fraction of sp³-hybridized carbons (Fsp3) is 0. The van der Waals surface area contributed by atoms with E-state index in [2.05, 4.69) is 115 Å². The summed E-state index contributed by atoms with van der Waals surface area (Å²) in [5, 5.41) is 6.61. The molecule has 1 heteroatoms. The fourth-order valence-electron chi connectivity index (χ4n) is 7.64. The van der Waals surface area contributed by atoms with Gasteiger partial charge in [0.15, 0.2) is 0 Å². The Kier molecular flexibility index (Phi) is 7.19. The number of hydrogen-bond donors (Lipinski definition) is 0. The Hall–Kier alpha value is -7.22. The molecule has 0 N–H and O–H groups in total. The van der Waals surface area contributed by atoms with Crippen molar-refractivity contribution in [3.8, 4) is 44.5 Å². The van der Waals surface area contributed by atoms with Crippen LogP contribution in [0.3, 0.4) is 0 Å². The molecule has 0 fully saturated rings. The van der Waals surface area contributed by atoms with E-state index < -0.39 is 0 Å². The zero-order valence-electron chi connectivity index (χ0n) is 34.0. The zero-order chi connectivity index (χ0) is 40.0. The van der Waals surface area contributed by atoms with Crippen LogP contribution in [0.1, 0.15) is 5.48 Å². The first-order chi connectivity index (χ1) is 28.9. The van der Waals surface area contributed by atoms with Gasteiger partial charge in [-0.05, 0) is 131 Å². The van der Waals surface area contributed by atoms with Crippen molar-refractivity contribution in [3.63, 3.8) is 0 Å². The van der Waals surface area contributed by atoms with Crippen molar-refractivity contribution < 1.29 is 5.48 Å². The molecular weight excluding hydrogens is 663 g/mol. The van der Waals surface area contributed by atoms with E-state index in [0.717, 1.165) is 77.1 Å². The minimum Gasteiger partial charge on any atom is -0.310 e. The lowest BCUT2D eigenvalue weighted by Gasteiger charge is -2.26. The summed E-state index contributed by atoms with van der Waals surface area (Å²) in [6, 6.07) is 67.6. The number of fused-ring (bicyclic) bond motifs is 4. The van der Waals surface area contributed by atoms with Gasteiger partial charge in [0.1, 0.15) is 0 Å². The Balaban J connectivity index is 1.11. The molecule has 0 radical (unpaired) electrons. The normalized spacial score (nSPS) is 12.3. The lowest BCUT2D eigenvalue weighted by molar-refractivity contribution is 1.28. The monoisotopic (exact) mass is 703 g/mol. The molecule has 0 aliphatic rings. The maximum Gasteiger partial charge on any atom is 0.0645 e. The molecule has 1 nitrogen and oxygen atoms in total. The number of rotatable bonds is 7. The van der Waals surface area contributed by atoms with E-state index in [0.29, 0.717) is 5.56 Å². The van der Waals surface area contributed by atoms with Gasteiger partial charge in [-0.25, -0.2) is 0 Å². The highest BCUT2D eigenvalue weighted by atomic mass is 15.1. The second kappa shape index (κ2) is 14.0. The Bertz CT molecular complexity index is 3180. The van der Waals surface area contributed by atoms with Crippen molar-refractivity contribution >= 4 is 49.4 Å². The van der Waals surface area contributed by atoms with Gasteiger partial charge in [-0.3, -0.25) is 0 Å². The first kappa shape index (κ1) is 28.3. The van der Waals surface area contributed by atoms with Crippen LogP contribution in [0.15, 0.2) is 224 Å². The summed E-state index contributed by atoms with van der Waals surface area (Å²) in [5.74, 6) is 0. The summed E-state index contributed by atoms with van der Waals surface area (Å²) in [7, 11) is 0. The molecule has 0 saturated heterocycles. The van der Waals surface area contributed by atoms with Crippen LogP contribution < -0.4 is 4.90 Å². The van der Waals surface area contributed by atoms with Gasteiger partial charge in [0, 0.05) is 17.1 Å². The van der Waals surface area contributed by atoms with E-state index in [1.54, 1.807) is 0 Å². The van der Waals surface area contributed by atoms with Gasteiger partial charge in [0.25, 0.3) is 0 Å². The van der Waals surface area contributed by atoms with E-state index in [4.69, 9.17) is 0 Å². The Morgan fingerprint density at radius 2 is 0.764 bits per heavy atom. The Morgan fingerprint density at radius 1 is 0.255 bits per heavy atom. The van der Waals surface area contributed by atoms with Crippen LogP contribution in [-0.4, -0.2) is 0 Å². The number of anilines is 3. The lowest BCUT2D eigenvalue weighted by Crippen LogP contribution is -2.10. The van der Waals surface area contributed by atoms with Gasteiger partial charge in [0.2, 0.25) is 0 Å². The molecular formula is C54H37N. The van der Waals surface area contributed by atoms with E-state index in [1.807, 2.05) is 89.8 Å². The van der Waals surface area contributed by atoms with Gasteiger partial charge >= 0.3 is 0 Å². The van der Waals surface area contributed by atoms with Crippen LogP contribution in [0.4, 0.5) is 17.1 Å². The summed E-state index contributed by atoms with van der Waals surface area (Å²) < 4.78 is 38.0. The van der Waals surface area contributed by atoms with Gasteiger partial charge in [-0.2, -0.15) is 0 Å². The van der Waals surface area contributed by atoms with Crippen molar-refractivity contribution in [3.05, 3.63) is 224 Å². The minimum absolute atomic E-state index is 0.0915. The standard InChI is InChI=1S/C54H37N/c1-2-10-38(11-3-1)44-15-8-16-45(34-44)40-24-29-50(30-25-40)55(52-18-9-17-46(37-52)48-22-20-39-12-4-5-14-43(39)35-48)51-31-26-41(27-32-51)47-28-33-54-49(36-47)23-21-42-13-6-7-19-53(42)54/h1-37H/i26D,27D,31D,32D. The average Bonchev–Trinajstić information content (AvgIpc) is 3.30. The molecule has 0 amide bonds. The smallest absolute Gasteiger partial charge is 0.0645 e. The zero-order valence-corrected chi connectivity index (χ0v) is 30.0. The summed E-state index contributed by atoms with van der Waals surface area (Å²) in [6.45, 7) is 0. The van der Waals surface area contributed by atoms with Crippen LogP contribution in [-0.2, 0) is 0 Å². The molecule has 0 atom stereocenters. The quantitative estimate of drug-likeness (QED) is 0.149. The Labute approximate surface area is 327 Å². The van der Waals surface area contributed by atoms with E-state index in [1.165, 1.54) is 0 Å². The highest BCUT2D eigenvalue weighted by molar-refractivity contribution is 6.08. The molecule has 0 aromatic heterocycles. The minimum atomic E-state index is -0.115. The molecule has 0 saturated carbocycles. The van der Waals surface area contributed by atoms with Gasteiger partial charge in [-0.1, -0.05) is 170 Å². The third-order valence-electron chi connectivity index (χ3n) is 10.5. The van der Waals surface area contributed by atoms with Crippen LogP contribution in [0.2, 0.25) is 0 Å². The number of nitrogens with zero attached hydrogens (tertiary/aromatic N) is 1. The van der Waals surface area contributed by atoms with Gasteiger partial charge in [-0.15, -0.1) is 0 Å². The summed E-state index contributed by atoms with van der Waals surface area (Å²) in [6.07, 6.45) is 0. The second-order valence-corrected chi connectivity index (χ2v) is 13.9. The summed E-state index contributed by atoms with van der Waals surface area (Å²) in [5.41, 5.74) is 8.92. The molecule has 0 unspecified atom stereocenters. The average molecular weight is 704 g/mol. The van der Waals surface area contributed by atoms with Gasteiger partial charge < -0.3 is 4.90 Å². The maximum atomic E-state index is 9.58. The maximum absolute atomic E-state index is 9.58. The van der Waals surface area contributed by atoms with Crippen LogP contribution in [0.25, 0.3) is 76.8 Å². The van der Waals surface area contributed by atoms with Crippen LogP contribution >= 0.6 is 0 Å². The summed E-state index contributed by atoms with van der Waals surface area (Å²) in [4.78, 5) is 1.87. The molecule has 55 heavy (non-hydrogen) atoms. The predicted molar refractivity (Wildman–Crippen MR) is 235 cm³/mol. The van der Waals surface area contributed by atoms with E-state index in [-0.39, 0.29) is 35.4 Å². The molecule has 10 aromatic carbocycles. The van der Waals surface area contributed by atoms with Crippen molar-refractivity contribution in [2.24, 2.45) is 0 Å². The van der Waals surface area contributed by atoms with Crippen molar-refractivity contribution in [1.82, 2.24) is 0 Å². The fourth-order valence-corrected chi connectivity index (χ4v) is 7.64. The Morgan fingerprint density at radius 3 is 1.56 bits per heavy atom. The SMILES string of the molecule is [2H]c1c([2H])c(N(c2ccc(-c3cccc(-c4ccccc4)c3)cc2)c2cccc(-c3ccc4ccccc4c3)c2)c([2H])c([2H])c1-c1ccc2c(ccc3ccccc32)c1. The van der Waals surface area contributed by atoms with Crippen molar-refractivity contribution in [1.29, 1.82) is 0 Å². The van der Waals surface area contributed by atoms with E-state index in [9.17, 15) is 5.48 Å². The molecule has 0 aliphatic carbocycles. The van der Waals surface area contributed by atoms with Gasteiger partial charge in [0.05, 0.1) is 5.48 Å². The first-order valence-electron chi connectivity index (χ1n) is 20.6. The highest BCUT2D eigenvalue weighted by Crippen LogP contribution is 2.39. The van der Waals surface area contributed by atoms with Crippen LogP contribution in [0, 0.1) is 0 Å². The predicted octanol–water partition coefficient (Wildman–Crippen LogP) is 15.3. The second-order valence-electron chi connectivity index (χ2n) is 13.9. The highest BCUT2D eigenvalue weighted by Gasteiger charge is 2.15. The third-order valence-corrected chi connectivity index (χ3v) is 10.5. The topological polar surface area (TPSA) is 3.24 Å². The van der Waals surface area contributed by atoms with Crippen molar-refractivity contribution in [2.45, 2.75) is 0 Å². The molecule has 0 heterocycles. The molecule has 0 aliphatic heterocycles.